The molecule has 2 nitrogen and oxygen atoms in total. The van der Waals surface area contributed by atoms with Gasteiger partial charge in [-0.05, 0) is 114 Å². The molecule has 3 aliphatic carbocycles. The van der Waals surface area contributed by atoms with Gasteiger partial charge in [0.2, 0.25) is 0 Å². The van der Waals surface area contributed by atoms with Crippen LogP contribution in [0.5, 0.6) is 0 Å². The first kappa shape index (κ1) is 26.2. The lowest BCUT2D eigenvalue weighted by Crippen LogP contribution is -2.17. The molecule has 0 amide bonds. The predicted octanol–water partition coefficient (Wildman–Crippen LogP) is 10.7. The monoisotopic (exact) mass is 576 g/mol. The van der Waals surface area contributed by atoms with E-state index in [-0.39, 0.29) is 16.2 Å². The molecule has 0 aliphatic heterocycles. The summed E-state index contributed by atoms with van der Waals surface area (Å²) in [6.07, 6.45) is 0. The molecule has 0 unspecified atom stereocenters. The van der Waals surface area contributed by atoms with Crippen molar-refractivity contribution in [2.24, 2.45) is 0 Å². The maximum absolute atomic E-state index is 10.1. The average Bonchev–Trinajstić information content (AvgIpc) is 3.51. The van der Waals surface area contributed by atoms with Crippen molar-refractivity contribution in [3.8, 4) is 45.5 Å². The van der Waals surface area contributed by atoms with Crippen molar-refractivity contribution in [1.82, 2.24) is 0 Å². The van der Waals surface area contributed by atoms with Crippen LogP contribution in [0.15, 0.2) is 84.9 Å². The second-order valence-electron chi connectivity index (χ2n) is 14.8. The first-order chi connectivity index (χ1) is 21.5. The third-order valence-electron chi connectivity index (χ3n) is 11.5. The molecule has 2 heteroatoms. The maximum atomic E-state index is 10.1. The molecular formula is C43H32N2. The van der Waals surface area contributed by atoms with Gasteiger partial charge in [0.15, 0.2) is 0 Å². The van der Waals surface area contributed by atoms with Gasteiger partial charge >= 0.3 is 0 Å². The first-order valence-electron chi connectivity index (χ1n) is 15.8. The molecule has 0 heterocycles. The fourth-order valence-electron chi connectivity index (χ4n) is 9.06. The molecule has 0 atom stereocenters. The topological polar surface area (TPSA) is 47.6 Å². The molecule has 9 rings (SSSR count). The molecule has 3 aliphatic rings. The Labute approximate surface area is 264 Å². The summed E-state index contributed by atoms with van der Waals surface area (Å²) in [5.74, 6) is 0. The van der Waals surface area contributed by atoms with E-state index >= 15 is 0 Å². The van der Waals surface area contributed by atoms with E-state index < -0.39 is 0 Å². The normalized spacial score (nSPS) is 16.7. The van der Waals surface area contributed by atoms with Gasteiger partial charge in [-0.3, -0.25) is 0 Å². The van der Waals surface area contributed by atoms with Crippen LogP contribution in [0.2, 0.25) is 0 Å². The van der Waals surface area contributed by atoms with Gasteiger partial charge in [-0.1, -0.05) is 90.1 Å². The summed E-state index contributed by atoms with van der Waals surface area (Å²) in [5.41, 5.74) is 16.4. The standard InChI is InChI=1S/C43H32N2/c1-41(2)33-19-31-35(42(3,4)37-15-23(21-44)25-11-7-9-13-27(25)39(31)37)17-29(33)30-18-36-32(20-34(30)41)40-28-14-10-8-12-26(28)24(22-45)16-38(40)43(36,5)6/h7-20H,1-6H3. The zero-order valence-corrected chi connectivity index (χ0v) is 26.5. The number of hydrogen-bond acceptors (Lipinski definition) is 2. The minimum Gasteiger partial charge on any atom is -0.192 e. The highest BCUT2D eigenvalue weighted by atomic mass is 14.5. The fourth-order valence-corrected chi connectivity index (χ4v) is 9.06. The van der Waals surface area contributed by atoms with Crippen molar-refractivity contribution in [2.45, 2.75) is 57.8 Å². The number of hydrogen-bond donors (Lipinski definition) is 0. The van der Waals surface area contributed by atoms with Gasteiger partial charge in [0.25, 0.3) is 0 Å². The molecule has 6 aromatic rings. The Balaban J connectivity index is 1.32. The maximum Gasteiger partial charge on any atom is 0.0998 e. The summed E-state index contributed by atoms with van der Waals surface area (Å²) in [4.78, 5) is 0. The molecule has 0 saturated carbocycles. The lowest BCUT2D eigenvalue weighted by molar-refractivity contribution is 0.649. The van der Waals surface area contributed by atoms with Gasteiger partial charge in [0, 0.05) is 27.0 Å². The zero-order valence-electron chi connectivity index (χ0n) is 26.5. The van der Waals surface area contributed by atoms with E-state index in [0.717, 1.165) is 32.7 Å². The molecule has 45 heavy (non-hydrogen) atoms. The number of nitrogens with zero attached hydrogens (tertiary/aromatic N) is 2. The SMILES string of the molecule is CC1(C)c2cc3c(cc2-c2cc4c(cc21)-c1c(cc(C#N)c2ccccc12)C4(C)C)C(C)(C)c1cc(C#N)c2ccccc2c1-3. The van der Waals surface area contributed by atoms with E-state index in [4.69, 9.17) is 0 Å². The number of rotatable bonds is 0. The molecule has 6 aromatic carbocycles. The van der Waals surface area contributed by atoms with Crippen molar-refractivity contribution >= 4 is 21.5 Å². The van der Waals surface area contributed by atoms with E-state index in [0.29, 0.717) is 0 Å². The summed E-state index contributed by atoms with van der Waals surface area (Å²) < 4.78 is 0. The molecule has 0 aromatic heterocycles. The average molecular weight is 577 g/mol. The molecule has 0 saturated heterocycles. The van der Waals surface area contributed by atoms with Crippen LogP contribution >= 0.6 is 0 Å². The van der Waals surface area contributed by atoms with Gasteiger partial charge in [-0.2, -0.15) is 10.5 Å². The van der Waals surface area contributed by atoms with E-state index in [2.05, 4.69) is 126 Å². The minimum atomic E-state index is -0.235. The second kappa shape index (κ2) is 8.10. The summed E-state index contributed by atoms with van der Waals surface area (Å²) in [5, 5.41) is 24.5. The van der Waals surface area contributed by atoms with Gasteiger partial charge < -0.3 is 0 Å². The third kappa shape index (κ3) is 2.98. The molecule has 0 bridgehead atoms. The van der Waals surface area contributed by atoms with Crippen LogP contribution in [-0.4, -0.2) is 0 Å². The van der Waals surface area contributed by atoms with Crippen LogP contribution in [0.25, 0.3) is 54.9 Å². The lowest BCUT2D eigenvalue weighted by Gasteiger charge is -2.24. The van der Waals surface area contributed by atoms with E-state index in [9.17, 15) is 10.5 Å². The minimum absolute atomic E-state index is 0.195. The van der Waals surface area contributed by atoms with Crippen LogP contribution in [0.1, 0.15) is 86.1 Å². The van der Waals surface area contributed by atoms with Crippen molar-refractivity contribution in [1.29, 1.82) is 10.5 Å². The molecule has 0 fully saturated rings. The van der Waals surface area contributed by atoms with Crippen molar-refractivity contribution in [3.05, 3.63) is 129 Å². The predicted molar refractivity (Wildman–Crippen MR) is 184 cm³/mol. The molecule has 0 spiro atoms. The Morgan fingerprint density at radius 3 is 1.09 bits per heavy atom. The summed E-state index contributed by atoms with van der Waals surface area (Å²) in [7, 11) is 0. The molecular weight excluding hydrogens is 544 g/mol. The van der Waals surface area contributed by atoms with E-state index in [1.165, 1.54) is 66.8 Å². The van der Waals surface area contributed by atoms with Crippen LogP contribution < -0.4 is 0 Å². The highest BCUT2D eigenvalue weighted by molar-refractivity contribution is 6.08. The Morgan fingerprint density at radius 2 is 0.711 bits per heavy atom. The van der Waals surface area contributed by atoms with Crippen LogP contribution in [0.4, 0.5) is 0 Å². The van der Waals surface area contributed by atoms with Crippen molar-refractivity contribution in [3.63, 3.8) is 0 Å². The van der Waals surface area contributed by atoms with Gasteiger partial charge in [-0.25, -0.2) is 0 Å². The number of nitriles is 2. The van der Waals surface area contributed by atoms with Crippen LogP contribution in [0.3, 0.4) is 0 Å². The molecule has 0 N–H and O–H groups in total. The van der Waals surface area contributed by atoms with E-state index in [1.54, 1.807) is 0 Å². The summed E-state index contributed by atoms with van der Waals surface area (Å²) in [6, 6.07) is 35.8. The van der Waals surface area contributed by atoms with E-state index in [1.807, 2.05) is 12.1 Å². The van der Waals surface area contributed by atoms with Crippen LogP contribution in [0, 0.1) is 22.7 Å². The van der Waals surface area contributed by atoms with Crippen LogP contribution in [-0.2, 0) is 16.2 Å². The summed E-state index contributed by atoms with van der Waals surface area (Å²) in [6.45, 7) is 14.0. The first-order valence-corrected chi connectivity index (χ1v) is 15.8. The number of benzene rings is 6. The Kier molecular flexibility index (Phi) is 4.72. The Morgan fingerprint density at radius 1 is 0.400 bits per heavy atom. The van der Waals surface area contributed by atoms with Gasteiger partial charge in [0.1, 0.15) is 0 Å². The third-order valence-corrected chi connectivity index (χ3v) is 11.5. The van der Waals surface area contributed by atoms with Gasteiger partial charge in [0.05, 0.1) is 23.3 Å². The highest BCUT2D eigenvalue weighted by Gasteiger charge is 2.45. The van der Waals surface area contributed by atoms with Crippen molar-refractivity contribution < 1.29 is 0 Å². The van der Waals surface area contributed by atoms with Gasteiger partial charge in [-0.15, -0.1) is 0 Å². The number of fused-ring (bicyclic) bond motifs is 13. The lowest BCUT2D eigenvalue weighted by atomic mass is 9.78. The molecule has 0 radical (unpaired) electrons. The largest absolute Gasteiger partial charge is 0.192 e. The fraction of sp³-hybridized carbons (Fsp3) is 0.209. The van der Waals surface area contributed by atoms with Crippen molar-refractivity contribution in [2.75, 3.05) is 0 Å². The second-order valence-corrected chi connectivity index (χ2v) is 14.8. The smallest absolute Gasteiger partial charge is 0.0998 e. The Hall–Kier alpha value is -5.18. The molecule has 214 valence electrons. The highest BCUT2D eigenvalue weighted by Crippen LogP contribution is 2.60. The Bertz CT molecular complexity index is 2300. The zero-order chi connectivity index (χ0) is 31.2. The quantitative estimate of drug-likeness (QED) is 0.181. The summed E-state index contributed by atoms with van der Waals surface area (Å²) >= 11 is 0.